The second-order valence-electron chi connectivity index (χ2n) is 7.00. The molecule has 1 heterocycles. The van der Waals surface area contributed by atoms with E-state index < -0.39 is 0 Å². The maximum absolute atomic E-state index is 11.8. The molecule has 2 aromatic carbocycles. The molecule has 0 saturated heterocycles. The Hall–Kier alpha value is -2.81. The fourth-order valence-corrected chi connectivity index (χ4v) is 4.07. The van der Waals surface area contributed by atoms with Gasteiger partial charge in [0.05, 0.1) is 6.04 Å². The summed E-state index contributed by atoms with van der Waals surface area (Å²) in [5.41, 5.74) is 4.40. The molecule has 0 radical (unpaired) electrons. The number of benzene rings is 2. The Kier molecular flexibility index (Phi) is 4.37. The van der Waals surface area contributed by atoms with E-state index in [1.807, 2.05) is 24.3 Å². The first-order valence-corrected chi connectivity index (χ1v) is 9.09. The van der Waals surface area contributed by atoms with Crippen molar-refractivity contribution >= 4 is 11.5 Å². The molecule has 26 heavy (non-hydrogen) atoms. The molecule has 2 aromatic rings. The molecule has 0 aromatic heterocycles. The number of fused-ring (bicyclic) bond motifs is 3. The van der Waals surface area contributed by atoms with Crippen LogP contribution in [0.1, 0.15) is 46.8 Å². The first kappa shape index (κ1) is 16.6. The summed E-state index contributed by atoms with van der Waals surface area (Å²) >= 11 is 0. The molecular weight excluding hydrogens is 322 g/mol. The number of nitrogens with one attached hydrogen (secondary N) is 1. The van der Waals surface area contributed by atoms with E-state index in [1.165, 1.54) is 11.1 Å². The number of hydrogen-bond acceptors (Lipinski definition) is 3. The summed E-state index contributed by atoms with van der Waals surface area (Å²) in [6.45, 7) is 5.82. The Morgan fingerprint density at radius 1 is 1.27 bits per heavy atom. The van der Waals surface area contributed by atoms with Crippen LogP contribution in [-0.4, -0.2) is 12.4 Å². The monoisotopic (exact) mass is 345 g/mol. The van der Waals surface area contributed by atoms with Crippen LogP contribution in [0.3, 0.4) is 0 Å². The molecule has 1 aliphatic heterocycles. The minimum absolute atomic E-state index is 0.114. The summed E-state index contributed by atoms with van der Waals surface area (Å²) in [5, 5.41) is 3.71. The average molecular weight is 345 g/mol. The number of rotatable bonds is 5. The van der Waals surface area contributed by atoms with Gasteiger partial charge in [0.1, 0.15) is 12.4 Å². The first-order valence-electron chi connectivity index (χ1n) is 9.09. The van der Waals surface area contributed by atoms with Crippen LogP contribution >= 0.6 is 0 Å². The highest BCUT2D eigenvalue weighted by Gasteiger charge is 2.38. The third kappa shape index (κ3) is 2.94. The van der Waals surface area contributed by atoms with Crippen LogP contribution in [0.5, 0.6) is 5.75 Å². The molecule has 0 bridgehead atoms. The molecule has 3 heteroatoms. The molecule has 3 atom stereocenters. The van der Waals surface area contributed by atoms with E-state index in [0.717, 1.165) is 23.4 Å². The number of carbonyl (C=O) groups excluding carboxylic acids is 1. The van der Waals surface area contributed by atoms with E-state index in [2.05, 4.69) is 42.2 Å². The zero-order valence-electron chi connectivity index (χ0n) is 14.9. The van der Waals surface area contributed by atoms with Crippen LogP contribution < -0.4 is 10.1 Å². The van der Waals surface area contributed by atoms with Crippen LogP contribution in [0.4, 0.5) is 5.69 Å². The van der Waals surface area contributed by atoms with Crippen molar-refractivity contribution in [1.29, 1.82) is 0 Å². The lowest BCUT2D eigenvalue weighted by Crippen LogP contribution is -2.29. The highest BCUT2D eigenvalue weighted by Crippen LogP contribution is 2.50. The first-order chi connectivity index (χ1) is 12.7. The quantitative estimate of drug-likeness (QED) is 0.592. The fourth-order valence-electron chi connectivity index (χ4n) is 4.07. The van der Waals surface area contributed by atoms with E-state index in [0.29, 0.717) is 18.4 Å². The van der Waals surface area contributed by atoms with Crippen molar-refractivity contribution < 1.29 is 9.53 Å². The molecule has 0 unspecified atom stereocenters. The lowest BCUT2D eigenvalue weighted by Gasteiger charge is -2.37. The number of ketones is 1. The summed E-state index contributed by atoms with van der Waals surface area (Å²) in [7, 11) is 0. The predicted octanol–water partition coefficient (Wildman–Crippen LogP) is 5.28. The van der Waals surface area contributed by atoms with E-state index in [-0.39, 0.29) is 11.8 Å². The maximum Gasteiger partial charge on any atom is 0.159 e. The van der Waals surface area contributed by atoms with Gasteiger partial charge in [-0.15, -0.1) is 0 Å². The van der Waals surface area contributed by atoms with Crippen LogP contribution in [0.15, 0.2) is 67.3 Å². The predicted molar refractivity (Wildman–Crippen MR) is 105 cm³/mol. The topological polar surface area (TPSA) is 38.3 Å². The molecule has 3 nitrogen and oxygen atoms in total. The van der Waals surface area contributed by atoms with E-state index in [9.17, 15) is 4.79 Å². The molecule has 0 amide bonds. The molecule has 1 N–H and O–H groups in total. The lowest BCUT2D eigenvalue weighted by atomic mass is 9.76. The van der Waals surface area contributed by atoms with Crippen molar-refractivity contribution in [1.82, 2.24) is 0 Å². The number of allylic oxidation sites excluding steroid dienone is 2. The fraction of sp³-hybridized carbons (Fsp3) is 0.261. The Balaban J connectivity index is 1.65. The normalized spacial score (nSPS) is 22.9. The highest BCUT2D eigenvalue weighted by molar-refractivity contribution is 5.95. The third-order valence-corrected chi connectivity index (χ3v) is 5.38. The van der Waals surface area contributed by atoms with Crippen molar-refractivity contribution in [2.75, 3.05) is 11.9 Å². The van der Waals surface area contributed by atoms with Gasteiger partial charge < -0.3 is 10.1 Å². The summed E-state index contributed by atoms with van der Waals surface area (Å²) in [4.78, 5) is 11.8. The second kappa shape index (κ2) is 6.83. The van der Waals surface area contributed by atoms with Gasteiger partial charge in [-0.05, 0) is 60.7 Å². The Labute approximate surface area is 154 Å². The van der Waals surface area contributed by atoms with Gasteiger partial charge in [0.25, 0.3) is 0 Å². The summed E-state index contributed by atoms with van der Waals surface area (Å²) in [6, 6.07) is 14.6. The van der Waals surface area contributed by atoms with Gasteiger partial charge in [-0.3, -0.25) is 4.79 Å². The maximum atomic E-state index is 11.8. The smallest absolute Gasteiger partial charge is 0.159 e. The van der Waals surface area contributed by atoms with Gasteiger partial charge in [-0.1, -0.05) is 36.9 Å². The minimum Gasteiger partial charge on any atom is -0.490 e. The number of Topliss-reactive ketones (excluding diaryl/α,β-unsaturated/α-hetero) is 1. The highest BCUT2D eigenvalue weighted by atomic mass is 16.5. The van der Waals surface area contributed by atoms with Crippen LogP contribution in [0.2, 0.25) is 0 Å². The van der Waals surface area contributed by atoms with Crippen molar-refractivity contribution in [3.05, 3.63) is 84.0 Å². The van der Waals surface area contributed by atoms with Crippen molar-refractivity contribution in [2.45, 2.75) is 25.3 Å². The summed E-state index contributed by atoms with van der Waals surface area (Å²) in [6.07, 6.45) is 7.35. The number of anilines is 1. The van der Waals surface area contributed by atoms with Gasteiger partial charge in [-0.2, -0.15) is 0 Å². The van der Waals surface area contributed by atoms with Gasteiger partial charge >= 0.3 is 0 Å². The standard InChI is InChI=1S/C23H23NO2/c1-3-13-26-18-10-7-16(8-11-18)23-20-6-4-5-19(20)21-14-17(15(2)25)9-12-22(21)24-23/h3-5,7-12,14,19-20,23-24H,1,6,13H2,2H3/t19-,20+,23+/m1/s1. The van der Waals surface area contributed by atoms with Crippen molar-refractivity contribution in [3.63, 3.8) is 0 Å². The number of carbonyl (C=O) groups is 1. The Bertz CT molecular complexity index is 866. The van der Waals surface area contributed by atoms with E-state index in [4.69, 9.17) is 4.74 Å². The zero-order valence-corrected chi connectivity index (χ0v) is 14.9. The largest absolute Gasteiger partial charge is 0.490 e. The molecule has 0 fully saturated rings. The molecule has 1 aliphatic carbocycles. The van der Waals surface area contributed by atoms with Crippen molar-refractivity contribution in [3.8, 4) is 5.75 Å². The number of hydrogen-bond donors (Lipinski definition) is 1. The molecule has 4 rings (SSSR count). The third-order valence-electron chi connectivity index (χ3n) is 5.38. The van der Waals surface area contributed by atoms with E-state index >= 15 is 0 Å². The SMILES string of the molecule is C=CCOc1ccc([C@@H]2Nc3ccc(C(C)=O)cc3[C@@H]3C=CC[C@@H]32)cc1. The summed E-state index contributed by atoms with van der Waals surface area (Å²) in [5.74, 6) is 1.79. The minimum atomic E-state index is 0.114. The molecule has 2 aliphatic rings. The molecule has 0 saturated carbocycles. The van der Waals surface area contributed by atoms with Crippen molar-refractivity contribution in [2.24, 2.45) is 5.92 Å². The van der Waals surface area contributed by atoms with Crippen LogP contribution in [-0.2, 0) is 0 Å². The molecule has 0 spiro atoms. The van der Waals surface area contributed by atoms with E-state index in [1.54, 1.807) is 13.0 Å². The second-order valence-corrected chi connectivity index (χ2v) is 7.00. The van der Waals surface area contributed by atoms with Gasteiger partial charge in [0, 0.05) is 17.2 Å². The zero-order chi connectivity index (χ0) is 18.1. The average Bonchev–Trinajstić information content (AvgIpc) is 3.16. The van der Waals surface area contributed by atoms with Gasteiger partial charge in [0.15, 0.2) is 5.78 Å². The number of ether oxygens (including phenoxy) is 1. The Morgan fingerprint density at radius 2 is 2.08 bits per heavy atom. The Morgan fingerprint density at radius 3 is 2.81 bits per heavy atom. The van der Waals surface area contributed by atoms with Crippen LogP contribution in [0.25, 0.3) is 0 Å². The lowest BCUT2D eigenvalue weighted by molar-refractivity contribution is 0.101. The molecular formula is C23H23NO2. The molecule has 132 valence electrons. The van der Waals surface area contributed by atoms with Crippen LogP contribution in [0, 0.1) is 5.92 Å². The summed E-state index contributed by atoms with van der Waals surface area (Å²) < 4.78 is 5.59. The van der Waals surface area contributed by atoms with Gasteiger partial charge in [-0.25, -0.2) is 0 Å². The van der Waals surface area contributed by atoms with Gasteiger partial charge in [0.2, 0.25) is 0 Å².